The van der Waals surface area contributed by atoms with Gasteiger partial charge in [0.2, 0.25) is 0 Å². The minimum Gasteiger partial charge on any atom is -0.459 e. The topological polar surface area (TPSA) is 65.8 Å². The molecule has 0 unspecified atom stereocenters. The Morgan fingerprint density at radius 1 is 1.00 bits per heavy atom. The molecule has 24 heavy (non-hydrogen) atoms. The molecule has 0 spiro atoms. The van der Waals surface area contributed by atoms with E-state index in [-0.39, 0.29) is 11.9 Å². The van der Waals surface area contributed by atoms with E-state index >= 15 is 0 Å². The first-order chi connectivity index (χ1) is 11.6. The zero-order valence-electron chi connectivity index (χ0n) is 13.9. The number of carbonyl (C=O) groups is 2. The molecule has 1 aliphatic rings. The molecule has 1 N–H and O–H groups in total. The SMILES string of the molecule is Cc1cccc(NC(=O)N2CCN(C(=O)c3ccco3)CC2)c1C. The lowest BCUT2D eigenvalue weighted by Crippen LogP contribution is -2.51. The van der Waals surface area contributed by atoms with E-state index in [1.165, 1.54) is 6.26 Å². The molecular formula is C18H21N3O3. The summed E-state index contributed by atoms with van der Waals surface area (Å²) < 4.78 is 5.14. The molecule has 1 aliphatic heterocycles. The smallest absolute Gasteiger partial charge is 0.321 e. The van der Waals surface area contributed by atoms with E-state index in [1.807, 2.05) is 32.0 Å². The Labute approximate surface area is 141 Å². The van der Waals surface area contributed by atoms with E-state index in [9.17, 15) is 9.59 Å². The molecule has 1 aromatic heterocycles. The van der Waals surface area contributed by atoms with Gasteiger partial charge in [0.15, 0.2) is 5.76 Å². The van der Waals surface area contributed by atoms with Gasteiger partial charge in [-0.05, 0) is 43.2 Å². The normalized spacial score (nSPS) is 14.6. The van der Waals surface area contributed by atoms with Crippen LogP contribution in [-0.2, 0) is 0 Å². The summed E-state index contributed by atoms with van der Waals surface area (Å²) in [5.74, 6) is 0.206. The largest absolute Gasteiger partial charge is 0.459 e. The maximum atomic E-state index is 12.4. The molecule has 6 nitrogen and oxygen atoms in total. The number of anilines is 1. The molecule has 3 amide bonds. The molecule has 1 saturated heterocycles. The highest BCUT2D eigenvalue weighted by Gasteiger charge is 2.26. The van der Waals surface area contributed by atoms with Gasteiger partial charge in [-0.1, -0.05) is 12.1 Å². The molecular weight excluding hydrogens is 306 g/mol. The van der Waals surface area contributed by atoms with Gasteiger partial charge in [0.25, 0.3) is 5.91 Å². The molecule has 2 aromatic rings. The molecule has 1 aromatic carbocycles. The van der Waals surface area contributed by atoms with E-state index in [0.717, 1.165) is 16.8 Å². The average Bonchev–Trinajstić information content (AvgIpc) is 3.13. The Bertz CT molecular complexity index is 732. The van der Waals surface area contributed by atoms with Crippen LogP contribution in [0.5, 0.6) is 0 Å². The van der Waals surface area contributed by atoms with E-state index < -0.39 is 0 Å². The number of furan rings is 1. The number of nitrogens with zero attached hydrogens (tertiary/aromatic N) is 2. The van der Waals surface area contributed by atoms with Crippen molar-refractivity contribution in [2.24, 2.45) is 0 Å². The summed E-state index contributed by atoms with van der Waals surface area (Å²) in [5, 5.41) is 2.96. The lowest BCUT2D eigenvalue weighted by Gasteiger charge is -2.34. The van der Waals surface area contributed by atoms with E-state index in [2.05, 4.69) is 5.32 Å². The molecule has 0 atom stereocenters. The third-order valence-corrected chi connectivity index (χ3v) is 4.43. The molecule has 3 rings (SSSR count). The van der Waals surface area contributed by atoms with Gasteiger partial charge in [0.05, 0.1) is 6.26 Å². The van der Waals surface area contributed by atoms with Crippen LogP contribution in [0.1, 0.15) is 21.7 Å². The molecule has 0 aliphatic carbocycles. The minimum absolute atomic E-state index is 0.130. The molecule has 2 heterocycles. The van der Waals surface area contributed by atoms with E-state index in [0.29, 0.717) is 31.9 Å². The lowest BCUT2D eigenvalue weighted by molar-refractivity contribution is 0.0640. The highest BCUT2D eigenvalue weighted by Crippen LogP contribution is 2.19. The van der Waals surface area contributed by atoms with Gasteiger partial charge in [-0.3, -0.25) is 4.79 Å². The number of hydrogen-bond donors (Lipinski definition) is 1. The van der Waals surface area contributed by atoms with Crippen LogP contribution in [0, 0.1) is 13.8 Å². The fraction of sp³-hybridized carbons (Fsp3) is 0.333. The molecule has 0 saturated carbocycles. The Balaban J connectivity index is 1.57. The summed E-state index contributed by atoms with van der Waals surface area (Å²) in [7, 11) is 0. The second-order valence-electron chi connectivity index (χ2n) is 5.93. The summed E-state index contributed by atoms with van der Waals surface area (Å²) in [5.41, 5.74) is 3.04. The van der Waals surface area contributed by atoms with Crippen molar-refractivity contribution < 1.29 is 14.0 Å². The van der Waals surface area contributed by atoms with E-state index in [1.54, 1.807) is 21.9 Å². The van der Waals surface area contributed by atoms with Crippen molar-refractivity contribution in [2.75, 3.05) is 31.5 Å². The Morgan fingerprint density at radius 2 is 1.71 bits per heavy atom. The first-order valence-corrected chi connectivity index (χ1v) is 8.01. The summed E-state index contributed by atoms with van der Waals surface area (Å²) in [6.07, 6.45) is 1.49. The van der Waals surface area contributed by atoms with Crippen molar-refractivity contribution in [3.8, 4) is 0 Å². The van der Waals surface area contributed by atoms with Crippen molar-refractivity contribution in [2.45, 2.75) is 13.8 Å². The van der Waals surface area contributed by atoms with Gasteiger partial charge in [-0.25, -0.2) is 4.79 Å². The predicted molar refractivity (Wildman–Crippen MR) is 91.1 cm³/mol. The van der Waals surface area contributed by atoms with Crippen LogP contribution in [0.15, 0.2) is 41.0 Å². The van der Waals surface area contributed by atoms with Crippen LogP contribution in [0.25, 0.3) is 0 Å². The first-order valence-electron chi connectivity index (χ1n) is 8.01. The number of rotatable bonds is 2. The fourth-order valence-corrected chi connectivity index (χ4v) is 2.75. The first kappa shape index (κ1) is 16.1. The van der Waals surface area contributed by atoms with Gasteiger partial charge in [0.1, 0.15) is 0 Å². The molecule has 0 radical (unpaired) electrons. The van der Waals surface area contributed by atoms with Crippen LogP contribution >= 0.6 is 0 Å². The summed E-state index contributed by atoms with van der Waals surface area (Å²) in [6.45, 7) is 6.01. The third kappa shape index (κ3) is 3.27. The minimum atomic E-state index is -0.131. The molecule has 0 bridgehead atoms. The monoisotopic (exact) mass is 327 g/mol. The zero-order chi connectivity index (χ0) is 17.1. The van der Waals surface area contributed by atoms with Crippen molar-refractivity contribution >= 4 is 17.6 Å². The molecule has 1 fully saturated rings. The summed E-state index contributed by atoms with van der Waals surface area (Å²) in [6, 6.07) is 9.07. The van der Waals surface area contributed by atoms with Gasteiger partial charge in [0, 0.05) is 31.9 Å². The number of hydrogen-bond acceptors (Lipinski definition) is 3. The van der Waals surface area contributed by atoms with Gasteiger partial charge in [-0.15, -0.1) is 0 Å². The number of carbonyl (C=O) groups excluding carboxylic acids is 2. The predicted octanol–water partition coefficient (Wildman–Crippen LogP) is 2.89. The maximum Gasteiger partial charge on any atom is 0.321 e. The second-order valence-corrected chi connectivity index (χ2v) is 5.93. The molecule has 6 heteroatoms. The fourth-order valence-electron chi connectivity index (χ4n) is 2.75. The third-order valence-electron chi connectivity index (χ3n) is 4.43. The van der Waals surface area contributed by atoms with E-state index in [4.69, 9.17) is 4.42 Å². The zero-order valence-corrected chi connectivity index (χ0v) is 13.9. The number of benzene rings is 1. The van der Waals surface area contributed by atoms with Crippen LogP contribution < -0.4 is 5.32 Å². The Kier molecular flexibility index (Phi) is 4.55. The highest BCUT2D eigenvalue weighted by atomic mass is 16.3. The maximum absolute atomic E-state index is 12.4. The quantitative estimate of drug-likeness (QED) is 0.922. The van der Waals surface area contributed by atoms with Crippen LogP contribution in [0.3, 0.4) is 0 Å². The Hall–Kier alpha value is -2.76. The average molecular weight is 327 g/mol. The van der Waals surface area contributed by atoms with Gasteiger partial charge in [-0.2, -0.15) is 0 Å². The summed E-state index contributed by atoms with van der Waals surface area (Å²) >= 11 is 0. The van der Waals surface area contributed by atoms with Crippen molar-refractivity contribution in [1.29, 1.82) is 0 Å². The van der Waals surface area contributed by atoms with Crippen LogP contribution in [-0.4, -0.2) is 47.9 Å². The Morgan fingerprint density at radius 3 is 2.38 bits per heavy atom. The van der Waals surface area contributed by atoms with Crippen LogP contribution in [0.2, 0.25) is 0 Å². The number of aryl methyl sites for hydroxylation is 1. The van der Waals surface area contributed by atoms with Crippen LogP contribution in [0.4, 0.5) is 10.5 Å². The van der Waals surface area contributed by atoms with Crippen molar-refractivity contribution in [3.05, 3.63) is 53.5 Å². The number of nitrogens with one attached hydrogen (secondary N) is 1. The highest BCUT2D eigenvalue weighted by molar-refractivity contribution is 5.92. The number of urea groups is 1. The molecule has 126 valence electrons. The lowest BCUT2D eigenvalue weighted by atomic mass is 10.1. The van der Waals surface area contributed by atoms with Gasteiger partial charge < -0.3 is 19.5 Å². The number of piperazine rings is 1. The van der Waals surface area contributed by atoms with Gasteiger partial charge >= 0.3 is 6.03 Å². The van der Waals surface area contributed by atoms with Crippen molar-refractivity contribution in [3.63, 3.8) is 0 Å². The summed E-state index contributed by atoms with van der Waals surface area (Å²) in [4.78, 5) is 28.1. The van der Waals surface area contributed by atoms with Crippen molar-refractivity contribution in [1.82, 2.24) is 9.80 Å². The number of amides is 3. The second kappa shape index (κ2) is 6.78. The standard InChI is InChI=1S/C18H21N3O3/c1-13-5-3-6-15(14(13)2)19-18(23)21-10-8-20(9-11-21)17(22)16-7-4-12-24-16/h3-7,12H,8-11H2,1-2H3,(H,19,23).